The average Bonchev–Trinajstić information content (AvgIpc) is 1.61. The van der Waals surface area contributed by atoms with Crippen LogP contribution in [-0.4, -0.2) is 135 Å². The van der Waals surface area contributed by atoms with E-state index in [9.17, 15) is 30.6 Å². The summed E-state index contributed by atoms with van der Waals surface area (Å²) in [7, 11) is 0. The summed E-state index contributed by atoms with van der Waals surface area (Å²) in [6.45, 7) is 7.92. The van der Waals surface area contributed by atoms with E-state index in [0.717, 1.165) is 122 Å². The van der Waals surface area contributed by atoms with Crippen molar-refractivity contribution in [3.63, 3.8) is 0 Å². The number of benzene rings is 3. The molecule has 0 unspecified atom stereocenters. The lowest BCUT2D eigenvalue weighted by Gasteiger charge is -2.40. The molecule has 20 nitrogen and oxygen atoms in total. The molecule has 0 amide bonds. The Labute approximate surface area is 530 Å². The van der Waals surface area contributed by atoms with Crippen LogP contribution in [0.15, 0.2) is 145 Å². The number of nitrogen functional groups attached to an aromatic ring is 1. The van der Waals surface area contributed by atoms with Crippen molar-refractivity contribution in [3.8, 4) is 0 Å². The fourth-order valence-electron chi connectivity index (χ4n) is 16.3. The smallest absolute Gasteiger partial charge is 0.143 e. The third-order valence-electron chi connectivity index (χ3n) is 21.6. The van der Waals surface area contributed by atoms with E-state index in [-0.39, 0.29) is 40.4 Å². The quantitative estimate of drug-likeness (QED) is 0.0747. The summed E-state index contributed by atoms with van der Waals surface area (Å²) in [4.78, 5) is 30.6. The van der Waals surface area contributed by atoms with Crippen LogP contribution in [0.25, 0.3) is 44.0 Å². The van der Waals surface area contributed by atoms with Gasteiger partial charge in [0.25, 0.3) is 0 Å². The molecular weight excluding hydrogens is 1200 g/mol. The highest BCUT2D eigenvalue weighted by molar-refractivity contribution is 9.10. The molecule has 3 aromatic carbocycles. The molecule has 3 aliphatic carbocycles. The predicted molar refractivity (Wildman–Crippen MR) is 348 cm³/mol. The molecule has 0 radical (unpaired) electrons. The highest BCUT2D eigenvalue weighted by atomic mass is 79.9. The summed E-state index contributed by atoms with van der Waals surface area (Å²) in [5.41, 5.74) is 14.8. The second kappa shape index (κ2) is 24.1. The van der Waals surface area contributed by atoms with E-state index in [0.29, 0.717) is 44.0 Å². The lowest BCUT2D eigenvalue weighted by atomic mass is 9.74. The monoisotopic (exact) mass is 1280 g/mol. The number of aliphatic hydroxyl groups excluding tert-OH is 6. The van der Waals surface area contributed by atoms with Gasteiger partial charge < -0.3 is 66.0 Å². The molecule has 6 fully saturated rings. The molecular formula is C69H79BrN14O6. The van der Waals surface area contributed by atoms with E-state index in [1.165, 1.54) is 11.1 Å². The topological polar surface area (TPSA) is 289 Å². The Morgan fingerprint density at radius 3 is 1.19 bits per heavy atom. The van der Waals surface area contributed by atoms with Gasteiger partial charge in [-0.15, -0.1) is 0 Å². The summed E-state index contributed by atoms with van der Waals surface area (Å²) in [5.74, 6) is 0.479. The molecule has 90 heavy (non-hydrogen) atoms. The lowest BCUT2D eigenvalue weighted by molar-refractivity contribution is -0.0398. The molecule has 15 atom stereocenters. The van der Waals surface area contributed by atoms with E-state index in [2.05, 4.69) is 133 Å². The van der Waals surface area contributed by atoms with Gasteiger partial charge in [0, 0.05) is 94.1 Å². The average molecular weight is 1280 g/mol. The Hall–Kier alpha value is -7.15. The minimum atomic E-state index is -0.851. The second-order valence-electron chi connectivity index (χ2n) is 26.5. The van der Waals surface area contributed by atoms with Crippen LogP contribution in [-0.2, 0) is 0 Å². The molecule has 10 heterocycles. The first kappa shape index (κ1) is 60.4. The Bertz CT molecular complexity index is 4040. The van der Waals surface area contributed by atoms with Crippen LogP contribution >= 0.6 is 15.9 Å². The summed E-state index contributed by atoms with van der Waals surface area (Å²) < 4.78 is 6.85. The SMILES string of the molecule is Cc1ncnc2c1ccn2[C@@H]1C[C@]2(CC[C@@H](c3ccc4cc(Br)c(N)nc4c3)NC2)[C@@H](O)[C@H]1O.Cc1ncnc2c1ccn2[C@@H]1C[C@]2(CC[C@@H](c3ccccc3)NC2)[C@@H](O)[C@H]1O.Cc1ncnc2c1ccn2[C@@H]1C[C@]2(CC[C@H](c3ccccc3)NC2)[C@@H](O)[C@H]1O. The van der Waals surface area contributed by atoms with Crippen LogP contribution in [0.5, 0.6) is 0 Å². The molecule has 10 aromatic rings. The number of pyridine rings is 1. The summed E-state index contributed by atoms with van der Waals surface area (Å²) in [6, 6.07) is 35.3. The van der Waals surface area contributed by atoms with E-state index in [1.807, 2.05) is 89.5 Å². The minimum absolute atomic E-state index is 0.160. The van der Waals surface area contributed by atoms with E-state index in [1.54, 1.807) is 19.0 Å². The van der Waals surface area contributed by atoms with Crippen molar-refractivity contribution in [2.24, 2.45) is 16.2 Å². The summed E-state index contributed by atoms with van der Waals surface area (Å²) in [6.07, 6.45) is 13.3. The van der Waals surface area contributed by atoms with Crippen LogP contribution in [0.4, 0.5) is 5.82 Å². The number of anilines is 1. The molecule has 3 saturated heterocycles. The zero-order valence-corrected chi connectivity index (χ0v) is 52.4. The van der Waals surface area contributed by atoms with Gasteiger partial charge in [-0.05, 0) is 142 Å². The first-order valence-electron chi connectivity index (χ1n) is 31.6. The van der Waals surface area contributed by atoms with Gasteiger partial charge in [0.15, 0.2) is 0 Å². The third kappa shape index (κ3) is 10.7. The fraction of sp³-hybridized carbons (Fsp3) is 0.435. The van der Waals surface area contributed by atoms with E-state index < -0.39 is 36.6 Å². The number of aryl methyl sites for hydroxylation is 3. The Balaban J connectivity index is 0.000000119. The van der Waals surface area contributed by atoms with Gasteiger partial charge in [-0.1, -0.05) is 72.8 Å². The second-order valence-corrected chi connectivity index (χ2v) is 27.4. The molecule has 0 bridgehead atoms. The highest BCUT2D eigenvalue weighted by Gasteiger charge is 2.57. The number of aromatic nitrogens is 10. The maximum Gasteiger partial charge on any atom is 0.143 e. The number of nitrogens with one attached hydrogen (secondary N) is 3. The standard InChI is InChI=1S/C25H27BrN6O2.2C22H26N4O2/c1-13-16-5-7-32(24(16)30-12-29-13)20-10-25(22(34)21(20)33)6-4-18(28-11-25)15-3-2-14-8-17(26)23(27)31-19(14)9-15;2*1-14-16-8-10-26(21(16)25-13-24-14)18-11-22(20(28)19(18)27)9-7-17(23-12-22)15-5-3-2-4-6-15/h2-3,5,7-9,12,18,20-22,28,33-34H,4,6,10-11H2,1H3,(H2,27,31);2*2-6,8,10,13,17-20,23,27-28H,7,9,11-12H2,1H3/t18-,20+,21-,22-,25-;17-,18+,19-,20-,22-;17-,18-,19+,20+,22+/m001/s1. The number of rotatable bonds is 6. The van der Waals surface area contributed by atoms with Gasteiger partial charge in [-0.2, -0.15) is 0 Å². The summed E-state index contributed by atoms with van der Waals surface area (Å²) in [5, 5.41) is 80.9. The molecule has 3 aliphatic heterocycles. The summed E-state index contributed by atoms with van der Waals surface area (Å²) >= 11 is 3.44. The maximum absolute atomic E-state index is 11.2. The molecule has 16 rings (SSSR count). The van der Waals surface area contributed by atoms with Gasteiger partial charge in [0.2, 0.25) is 0 Å². The van der Waals surface area contributed by atoms with Gasteiger partial charge in [-0.25, -0.2) is 34.9 Å². The van der Waals surface area contributed by atoms with E-state index >= 15 is 0 Å². The Morgan fingerprint density at radius 1 is 0.467 bits per heavy atom. The molecule has 21 heteroatoms. The molecule has 7 aromatic heterocycles. The van der Waals surface area contributed by atoms with Crippen LogP contribution < -0.4 is 21.7 Å². The Morgan fingerprint density at radius 2 is 0.833 bits per heavy atom. The van der Waals surface area contributed by atoms with Crippen LogP contribution in [0.2, 0.25) is 0 Å². The van der Waals surface area contributed by atoms with Crippen LogP contribution in [0, 0.1) is 37.0 Å². The lowest BCUT2D eigenvalue weighted by Crippen LogP contribution is -2.48. The van der Waals surface area contributed by atoms with Crippen molar-refractivity contribution in [1.29, 1.82) is 0 Å². The van der Waals surface area contributed by atoms with Gasteiger partial charge in [0.05, 0.1) is 63.5 Å². The van der Waals surface area contributed by atoms with Gasteiger partial charge in [0.1, 0.15) is 60.1 Å². The maximum atomic E-state index is 11.2. The Kier molecular flexibility index (Phi) is 16.2. The molecule has 468 valence electrons. The van der Waals surface area contributed by atoms with Gasteiger partial charge >= 0.3 is 0 Å². The molecule has 3 spiro atoms. The zero-order chi connectivity index (χ0) is 62.2. The minimum Gasteiger partial charge on any atom is -0.390 e. The number of aliphatic hydroxyl groups is 6. The van der Waals surface area contributed by atoms with Crippen molar-refractivity contribution in [3.05, 3.63) is 179 Å². The fourth-order valence-corrected chi connectivity index (χ4v) is 16.7. The molecule has 3 saturated carbocycles. The number of hydrogen-bond acceptors (Lipinski definition) is 17. The van der Waals surface area contributed by atoms with Crippen molar-refractivity contribution < 1.29 is 30.6 Å². The highest BCUT2D eigenvalue weighted by Crippen LogP contribution is 2.54. The van der Waals surface area contributed by atoms with Crippen molar-refractivity contribution in [2.75, 3.05) is 25.4 Å². The molecule has 6 aliphatic rings. The van der Waals surface area contributed by atoms with Gasteiger partial charge in [-0.3, -0.25) is 0 Å². The van der Waals surface area contributed by atoms with Crippen LogP contribution in [0.1, 0.15) is 128 Å². The normalized spacial score (nSPS) is 31.6. The largest absolute Gasteiger partial charge is 0.390 e. The van der Waals surface area contributed by atoms with Crippen molar-refractivity contribution in [1.82, 2.24) is 64.5 Å². The third-order valence-corrected chi connectivity index (χ3v) is 22.2. The predicted octanol–water partition coefficient (Wildman–Crippen LogP) is 8.45. The number of hydrogen-bond donors (Lipinski definition) is 10. The number of nitrogens with zero attached hydrogens (tertiary/aromatic N) is 10. The number of piperidine rings is 3. The van der Waals surface area contributed by atoms with Crippen molar-refractivity contribution >= 4 is 65.8 Å². The van der Waals surface area contributed by atoms with E-state index in [4.69, 9.17) is 5.73 Å². The first-order valence-corrected chi connectivity index (χ1v) is 32.4. The number of nitrogens with two attached hydrogens (primary N) is 1. The first-order chi connectivity index (χ1) is 43.5. The molecule has 11 N–H and O–H groups in total. The van der Waals surface area contributed by atoms with Crippen LogP contribution in [0.3, 0.4) is 0 Å². The zero-order valence-electron chi connectivity index (χ0n) is 50.8. The number of fused-ring (bicyclic) bond motifs is 4. The van der Waals surface area contributed by atoms with Crippen molar-refractivity contribution in [2.45, 2.75) is 151 Å². The number of halogens is 1.